The number of amides is 1. The van der Waals surface area contributed by atoms with Crippen LogP contribution in [0.3, 0.4) is 0 Å². The van der Waals surface area contributed by atoms with Crippen LogP contribution in [0, 0.1) is 0 Å². The second-order valence-corrected chi connectivity index (χ2v) is 8.44. The lowest BCUT2D eigenvalue weighted by Gasteiger charge is -2.19. The van der Waals surface area contributed by atoms with E-state index >= 15 is 0 Å². The summed E-state index contributed by atoms with van der Waals surface area (Å²) in [5.41, 5.74) is 2.28. The molecule has 0 fully saturated rings. The number of aryl methyl sites for hydroxylation is 2. The Kier molecular flexibility index (Phi) is 6.87. The summed E-state index contributed by atoms with van der Waals surface area (Å²) in [5, 5.41) is 11.9. The standard InChI is InChI=1S/C21H25N5O2S/c1-21(2,3)28-20(27)24-18-9-6-7-16(13-18)14-29-19-25-23-15-26(19)12-10-17-8-4-5-11-22-17/h4-9,11,13,15H,10,12,14H2,1-3H3,(H,24,27). The second-order valence-electron chi connectivity index (χ2n) is 7.49. The Bertz CT molecular complexity index is 937. The lowest BCUT2D eigenvalue weighted by atomic mass is 10.2. The summed E-state index contributed by atoms with van der Waals surface area (Å²) in [5.74, 6) is 0.714. The topological polar surface area (TPSA) is 81.9 Å². The molecule has 2 aromatic heterocycles. The van der Waals surface area contributed by atoms with Crippen molar-refractivity contribution in [3.05, 3.63) is 66.2 Å². The van der Waals surface area contributed by atoms with Gasteiger partial charge in [0.15, 0.2) is 5.16 Å². The molecule has 0 aliphatic heterocycles. The SMILES string of the molecule is CC(C)(C)OC(=O)Nc1cccc(CSc2nncn2CCc2ccccn2)c1. The maximum atomic E-state index is 12.0. The highest BCUT2D eigenvalue weighted by Crippen LogP contribution is 2.23. The molecule has 0 spiro atoms. The molecule has 1 amide bonds. The number of ether oxygens (including phenoxy) is 1. The van der Waals surface area contributed by atoms with Crippen molar-refractivity contribution in [1.82, 2.24) is 19.7 Å². The molecular formula is C21H25N5O2S. The number of benzene rings is 1. The minimum absolute atomic E-state index is 0.462. The van der Waals surface area contributed by atoms with E-state index in [9.17, 15) is 4.79 Å². The van der Waals surface area contributed by atoms with Crippen LogP contribution < -0.4 is 5.32 Å². The fourth-order valence-corrected chi connectivity index (χ4v) is 3.48. The van der Waals surface area contributed by atoms with Gasteiger partial charge in [-0.2, -0.15) is 0 Å². The van der Waals surface area contributed by atoms with Crippen LogP contribution in [-0.4, -0.2) is 31.4 Å². The number of carbonyl (C=O) groups excluding carboxylic acids is 1. The first-order valence-electron chi connectivity index (χ1n) is 9.38. The number of carbonyl (C=O) groups is 1. The highest BCUT2D eigenvalue weighted by molar-refractivity contribution is 7.98. The summed E-state index contributed by atoms with van der Waals surface area (Å²) in [6, 6.07) is 13.6. The predicted molar refractivity (Wildman–Crippen MR) is 114 cm³/mol. The molecule has 29 heavy (non-hydrogen) atoms. The van der Waals surface area contributed by atoms with E-state index in [2.05, 4.69) is 20.5 Å². The van der Waals surface area contributed by atoms with Crippen molar-refractivity contribution in [2.45, 2.75) is 50.2 Å². The van der Waals surface area contributed by atoms with Crippen LogP contribution in [0.25, 0.3) is 0 Å². The molecular weight excluding hydrogens is 386 g/mol. The van der Waals surface area contributed by atoms with Gasteiger partial charge in [0.2, 0.25) is 0 Å². The second kappa shape index (κ2) is 9.56. The quantitative estimate of drug-likeness (QED) is 0.574. The first kappa shape index (κ1) is 20.9. The first-order chi connectivity index (χ1) is 13.9. The smallest absolute Gasteiger partial charge is 0.412 e. The maximum Gasteiger partial charge on any atom is 0.412 e. The van der Waals surface area contributed by atoms with Crippen LogP contribution in [-0.2, 0) is 23.5 Å². The number of thioether (sulfide) groups is 1. The van der Waals surface area contributed by atoms with Gasteiger partial charge in [-0.3, -0.25) is 10.3 Å². The molecule has 7 nitrogen and oxygen atoms in total. The number of pyridine rings is 1. The van der Waals surface area contributed by atoms with Crippen molar-refractivity contribution >= 4 is 23.5 Å². The number of rotatable bonds is 7. The minimum Gasteiger partial charge on any atom is -0.444 e. The Morgan fingerprint density at radius 3 is 2.83 bits per heavy atom. The number of hydrogen-bond donors (Lipinski definition) is 1. The maximum absolute atomic E-state index is 12.0. The summed E-state index contributed by atoms with van der Waals surface area (Å²) in [6.07, 6.45) is 3.90. The molecule has 0 bridgehead atoms. The third kappa shape index (κ3) is 6.90. The van der Waals surface area contributed by atoms with Crippen LogP contribution in [0.1, 0.15) is 32.0 Å². The Morgan fingerprint density at radius 2 is 2.07 bits per heavy atom. The zero-order chi connectivity index (χ0) is 20.7. The highest BCUT2D eigenvalue weighted by Gasteiger charge is 2.16. The number of nitrogens with zero attached hydrogens (tertiary/aromatic N) is 4. The van der Waals surface area contributed by atoms with Crippen molar-refractivity contribution in [1.29, 1.82) is 0 Å². The van der Waals surface area contributed by atoms with E-state index in [4.69, 9.17) is 4.74 Å². The van der Waals surface area contributed by atoms with E-state index in [-0.39, 0.29) is 0 Å². The Balaban J connectivity index is 1.55. The fraction of sp³-hybridized carbons (Fsp3) is 0.333. The van der Waals surface area contributed by atoms with E-state index < -0.39 is 11.7 Å². The molecule has 8 heteroatoms. The molecule has 3 rings (SSSR count). The van der Waals surface area contributed by atoms with Gasteiger partial charge in [-0.25, -0.2) is 4.79 Å². The normalized spacial score (nSPS) is 11.3. The Hall–Kier alpha value is -2.87. The zero-order valence-electron chi connectivity index (χ0n) is 16.8. The third-order valence-corrected chi connectivity index (χ3v) is 4.91. The number of anilines is 1. The highest BCUT2D eigenvalue weighted by atomic mass is 32.2. The van der Waals surface area contributed by atoms with Crippen molar-refractivity contribution in [3.8, 4) is 0 Å². The van der Waals surface area contributed by atoms with Crippen LogP contribution >= 0.6 is 11.8 Å². The Morgan fingerprint density at radius 1 is 1.21 bits per heavy atom. The average molecular weight is 412 g/mol. The van der Waals surface area contributed by atoms with Gasteiger partial charge in [0.1, 0.15) is 11.9 Å². The number of nitrogens with one attached hydrogen (secondary N) is 1. The predicted octanol–water partition coefficient (Wildman–Crippen LogP) is 4.56. The van der Waals surface area contributed by atoms with Gasteiger partial charge in [0.25, 0.3) is 0 Å². The molecule has 2 heterocycles. The molecule has 0 saturated carbocycles. The van der Waals surface area contributed by atoms with Crippen LogP contribution in [0.5, 0.6) is 0 Å². The van der Waals surface area contributed by atoms with Gasteiger partial charge < -0.3 is 9.30 Å². The average Bonchev–Trinajstić information content (AvgIpc) is 3.12. The van der Waals surface area contributed by atoms with Crippen LogP contribution in [0.15, 0.2) is 60.1 Å². The Labute approximate surface area is 174 Å². The van der Waals surface area contributed by atoms with Gasteiger partial charge >= 0.3 is 6.09 Å². The van der Waals surface area contributed by atoms with Gasteiger partial charge in [0.05, 0.1) is 0 Å². The molecule has 0 atom stereocenters. The molecule has 0 saturated heterocycles. The zero-order valence-corrected chi connectivity index (χ0v) is 17.6. The van der Waals surface area contributed by atoms with Crippen LogP contribution in [0.2, 0.25) is 0 Å². The van der Waals surface area contributed by atoms with Crippen LogP contribution in [0.4, 0.5) is 10.5 Å². The van der Waals surface area contributed by atoms with Gasteiger partial charge in [-0.1, -0.05) is 30.0 Å². The number of hydrogen-bond acceptors (Lipinski definition) is 6. The van der Waals surface area contributed by atoms with Crippen molar-refractivity contribution < 1.29 is 9.53 Å². The summed E-state index contributed by atoms with van der Waals surface area (Å²) < 4.78 is 7.33. The minimum atomic E-state index is -0.531. The van der Waals surface area contributed by atoms with E-state index in [1.807, 2.05) is 67.8 Å². The van der Waals surface area contributed by atoms with E-state index in [0.717, 1.165) is 29.4 Å². The number of aromatic nitrogens is 4. The monoisotopic (exact) mass is 411 g/mol. The fourth-order valence-electron chi connectivity index (χ4n) is 2.60. The summed E-state index contributed by atoms with van der Waals surface area (Å²) >= 11 is 1.60. The molecule has 1 aromatic carbocycles. The molecule has 0 aliphatic carbocycles. The van der Waals surface area contributed by atoms with Gasteiger partial charge in [-0.05, 0) is 50.6 Å². The third-order valence-electron chi connectivity index (χ3n) is 3.86. The van der Waals surface area contributed by atoms with Gasteiger partial charge in [0, 0.05) is 36.3 Å². The molecule has 0 unspecified atom stereocenters. The summed E-state index contributed by atoms with van der Waals surface area (Å²) in [6.45, 7) is 6.28. The van der Waals surface area contributed by atoms with Crippen molar-refractivity contribution in [2.75, 3.05) is 5.32 Å². The van der Waals surface area contributed by atoms with Crippen molar-refractivity contribution in [3.63, 3.8) is 0 Å². The summed E-state index contributed by atoms with van der Waals surface area (Å²) in [4.78, 5) is 16.3. The lowest BCUT2D eigenvalue weighted by molar-refractivity contribution is 0.0636. The van der Waals surface area contributed by atoms with E-state index in [1.165, 1.54) is 0 Å². The van der Waals surface area contributed by atoms with E-state index in [1.54, 1.807) is 24.3 Å². The first-order valence-corrected chi connectivity index (χ1v) is 10.4. The molecule has 0 aliphatic rings. The van der Waals surface area contributed by atoms with E-state index in [0.29, 0.717) is 11.4 Å². The molecule has 0 radical (unpaired) electrons. The summed E-state index contributed by atoms with van der Waals surface area (Å²) in [7, 11) is 0. The van der Waals surface area contributed by atoms with Gasteiger partial charge in [-0.15, -0.1) is 10.2 Å². The molecule has 152 valence electrons. The van der Waals surface area contributed by atoms with Crippen molar-refractivity contribution in [2.24, 2.45) is 0 Å². The molecule has 3 aromatic rings. The largest absolute Gasteiger partial charge is 0.444 e. The molecule has 1 N–H and O–H groups in total. The lowest BCUT2D eigenvalue weighted by Crippen LogP contribution is -2.27.